The van der Waals surface area contributed by atoms with Crippen LogP contribution in [0, 0.1) is 0 Å². The van der Waals surface area contributed by atoms with Gasteiger partial charge < -0.3 is 4.74 Å². The average molecular weight is 316 g/mol. The molecule has 2 heterocycles. The summed E-state index contributed by atoms with van der Waals surface area (Å²) in [5, 5.41) is 5.77. The molecular formula is C10H16N6O2S2. The second-order valence-corrected chi connectivity index (χ2v) is 5.48. The van der Waals surface area contributed by atoms with Gasteiger partial charge in [0.25, 0.3) is 5.96 Å². The Morgan fingerprint density at radius 2 is 2.10 bits per heavy atom. The number of hydrogen-bond donors (Lipinski definition) is 1. The summed E-state index contributed by atoms with van der Waals surface area (Å²) in [6.45, 7) is 1.71. The lowest BCUT2D eigenvalue weighted by Crippen LogP contribution is -2.68. The largest absolute Gasteiger partial charge is 0.466 e. The lowest BCUT2D eigenvalue weighted by atomic mass is 10.2. The van der Waals surface area contributed by atoms with Crippen molar-refractivity contribution in [1.29, 1.82) is 0 Å². The van der Waals surface area contributed by atoms with Crippen molar-refractivity contribution >= 4 is 46.2 Å². The maximum Gasteiger partial charge on any atom is 0.350 e. The minimum absolute atomic E-state index is 0.313. The number of hydrogen-bond acceptors (Lipinski definition) is 8. The highest BCUT2D eigenvalue weighted by atomic mass is 32.2. The number of guanidine groups is 1. The van der Waals surface area contributed by atoms with Crippen molar-refractivity contribution in [2.45, 2.75) is 12.6 Å². The first kappa shape index (κ1) is 15.0. The molecule has 0 aromatic heterocycles. The van der Waals surface area contributed by atoms with Gasteiger partial charge in [0.2, 0.25) is 10.8 Å². The number of hydrazine groups is 2. The Balaban J connectivity index is 2.55. The summed E-state index contributed by atoms with van der Waals surface area (Å²) in [4.78, 5) is 20.9. The molecule has 0 aliphatic carbocycles. The molecule has 20 heavy (non-hydrogen) atoms. The van der Waals surface area contributed by atoms with Crippen LogP contribution >= 0.6 is 24.0 Å². The molecule has 0 saturated carbocycles. The van der Waals surface area contributed by atoms with Gasteiger partial charge in [0.1, 0.15) is 0 Å². The average Bonchev–Trinajstić information content (AvgIpc) is 2.84. The third-order valence-corrected chi connectivity index (χ3v) is 4.29. The molecule has 1 unspecified atom stereocenters. The zero-order valence-electron chi connectivity index (χ0n) is 11.9. The van der Waals surface area contributed by atoms with Gasteiger partial charge in [-0.3, -0.25) is 10.4 Å². The minimum Gasteiger partial charge on any atom is -0.466 e. The maximum atomic E-state index is 12.3. The number of carbonyl (C=O) groups excluding carboxylic acids is 1. The van der Waals surface area contributed by atoms with Crippen LogP contribution in [0.3, 0.4) is 0 Å². The number of carbonyl (C=O) groups is 1. The SMILES string of the molecule is COC(=O)C1(C)N2NC(SC)=NC2=NC(=S)N(C)N1C. The molecule has 8 nitrogen and oxygen atoms in total. The number of thioether (sulfide) groups is 1. The van der Waals surface area contributed by atoms with Gasteiger partial charge in [-0.15, -0.1) is 0 Å². The van der Waals surface area contributed by atoms with Crippen LogP contribution in [0.5, 0.6) is 0 Å². The highest BCUT2D eigenvalue weighted by Gasteiger charge is 2.52. The van der Waals surface area contributed by atoms with Crippen LogP contribution in [0.25, 0.3) is 0 Å². The fourth-order valence-corrected chi connectivity index (χ4v) is 2.48. The molecule has 0 saturated heterocycles. The molecule has 0 aromatic rings. The topological polar surface area (TPSA) is 72.8 Å². The molecule has 0 radical (unpaired) electrons. The molecule has 0 aromatic carbocycles. The van der Waals surface area contributed by atoms with Gasteiger partial charge in [-0.25, -0.2) is 9.80 Å². The highest BCUT2D eigenvalue weighted by Crippen LogP contribution is 2.27. The van der Waals surface area contributed by atoms with Crippen molar-refractivity contribution in [3.8, 4) is 0 Å². The lowest BCUT2D eigenvalue weighted by molar-refractivity contribution is -0.176. The minimum atomic E-state index is -1.16. The number of nitrogens with zero attached hydrogens (tertiary/aromatic N) is 5. The van der Waals surface area contributed by atoms with Crippen LogP contribution in [0.1, 0.15) is 6.92 Å². The Bertz CT molecular complexity index is 522. The Morgan fingerprint density at radius 3 is 2.65 bits per heavy atom. The van der Waals surface area contributed by atoms with Gasteiger partial charge in [0.15, 0.2) is 5.17 Å². The van der Waals surface area contributed by atoms with E-state index in [0.29, 0.717) is 16.2 Å². The zero-order chi connectivity index (χ0) is 15.1. The van der Waals surface area contributed by atoms with Gasteiger partial charge in [-0.05, 0) is 25.4 Å². The van der Waals surface area contributed by atoms with Crippen molar-refractivity contribution in [3.05, 3.63) is 0 Å². The van der Waals surface area contributed by atoms with E-state index in [1.165, 1.54) is 18.9 Å². The van der Waals surface area contributed by atoms with Crippen molar-refractivity contribution in [2.75, 3.05) is 27.5 Å². The number of methoxy groups -OCH3 is 1. The van der Waals surface area contributed by atoms with E-state index in [4.69, 9.17) is 17.0 Å². The number of aliphatic imine (C=N–C) groups is 2. The first-order chi connectivity index (χ1) is 9.36. The van der Waals surface area contributed by atoms with E-state index in [1.807, 2.05) is 6.26 Å². The first-order valence-corrected chi connectivity index (χ1v) is 7.37. The van der Waals surface area contributed by atoms with Crippen LogP contribution in [0.15, 0.2) is 9.98 Å². The normalized spacial score (nSPS) is 26.6. The first-order valence-electron chi connectivity index (χ1n) is 5.74. The number of esters is 1. The van der Waals surface area contributed by atoms with Crippen LogP contribution < -0.4 is 5.43 Å². The number of ether oxygens (including phenoxy) is 1. The van der Waals surface area contributed by atoms with E-state index in [9.17, 15) is 4.79 Å². The van der Waals surface area contributed by atoms with Gasteiger partial charge in [0, 0.05) is 14.1 Å². The molecule has 0 spiro atoms. The van der Waals surface area contributed by atoms with E-state index in [2.05, 4.69) is 15.4 Å². The number of thiocarbonyl (C=S) groups is 1. The standard InChI is InChI=1S/C10H16N6O2S2/c1-10(6(17)18-4)15(3)14(2)9(19)12-7-11-8(20-5)13-16(7)10/h1-5H3,(H,11,12,13,19). The molecule has 2 rings (SSSR count). The number of rotatable bonds is 1. The molecule has 0 bridgehead atoms. The maximum absolute atomic E-state index is 12.3. The third kappa shape index (κ3) is 2.03. The van der Waals surface area contributed by atoms with Gasteiger partial charge in [-0.2, -0.15) is 15.0 Å². The molecule has 2 aliphatic heterocycles. The second-order valence-electron chi connectivity index (χ2n) is 4.32. The molecule has 1 N–H and O–H groups in total. The summed E-state index contributed by atoms with van der Waals surface area (Å²) in [7, 11) is 4.81. The van der Waals surface area contributed by atoms with Gasteiger partial charge in [-0.1, -0.05) is 11.8 Å². The summed E-state index contributed by atoms with van der Waals surface area (Å²) in [6, 6.07) is 0. The summed E-state index contributed by atoms with van der Waals surface area (Å²) in [6.07, 6.45) is 1.88. The Labute approximate surface area is 126 Å². The number of amidine groups is 1. The van der Waals surface area contributed by atoms with Crippen LogP contribution in [-0.2, 0) is 9.53 Å². The Morgan fingerprint density at radius 1 is 1.45 bits per heavy atom. The smallest absolute Gasteiger partial charge is 0.350 e. The second kappa shape index (κ2) is 5.19. The fraction of sp³-hybridized carbons (Fsp3) is 0.600. The molecule has 1 atom stereocenters. The van der Waals surface area contributed by atoms with Crippen LogP contribution in [-0.4, -0.2) is 70.4 Å². The number of fused-ring (bicyclic) bond motifs is 1. The predicted octanol–water partition coefficient (Wildman–Crippen LogP) is -0.152. The molecule has 2 aliphatic rings. The van der Waals surface area contributed by atoms with E-state index in [0.717, 1.165) is 0 Å². The zero-order valence-corrected chi connectivity index (χ0v) is 13.5. The Hall–Kier alpha value is -1.39. The summed E-state index contributed by atoms with van der Waals surface area (Å²) in [5.41, 5.74) is 1.88. The van der Waals surface area contributed by atoms with Crippen LogP contribution in [0.2, 0.25) is 0 Å². The van der Waals surface area contributed by atoms with Crippen molar-refractivity contribution < 1.29 is 9.53 Å². The van der Waals surface area contributed by atoms with E-state index < -0.39 is 11.6 Å². The lowest BCUT2D eigenvalue weighted by Gasteiger charge is -2.43. The van der Waals surface area contributed by atoms with E-state index in [-0.39, 0.29) is 0 Å². The van der Waals surface area contributed by atoms with Gasteiger partial charge in [0.05, 0.1) is 7.11 Å². The van der Waals surface area contributed by atoms with Crippen molar-refractivity contribution in [3.63, 3.8) is 0 Å². The van der Waals surface area contributed by atoms with Crippen molar-refractivity contribution in [1.82, 2.24) is 20.5 Å². The number of likely N-dealkylation sites (N-methyl/N-ethyl adjacent to an activating group) is 1. The van der Waals surface area contributed by atoms with Gasteiger partial charge >= 0.3 is 5.97 Å². The monoisotopic (exact) mass is 316 g/mol. The summed E-state index contributed by atoms with van der Waals surface area (Å²) >= 11 is 6.65. The van der Waals surface area contributed by atoms with E-state index in [1.54, 1.807) is 36.0 Å². The fourth-order valence-electron chi connectivity index (χ4n) is 1.92. The molecule has 110 valence electrons. The number of nitrogens with one attached hydrogen (secondary N) is 1. The quantitative estimate of drug-likeness (QED) is 0.529. The van der Waals surface area contributed by atoms with E-state index >= 15 is 0 Å². The Kier molecular flexibility index (Phi) is 3.89. The summed E-state index contributed by atoms with van der Waals surface area (Å²) in [5.74, 6) is -0.113. The van der Waals surface area contributed by atoms with Crippen LogP contribution in [0.4, 0.5) is 0 Å². The third-order valence-electron chi connectivity index (χ3n) is 3.36. The molecule has 0 fully saturated rings. The predicted molar refractivity (Wildman–Crippen MR) is 81.9 cm³/mol. The molecule has 0 amide bonds. The molecule has 10 heteroatoms. The molecular weight excluding hydrogens is 300 g/mol. The summed E-state index contributed by atoms with van der Waals surface area (Å²) < 4.78 is 4.93. The highest BCUT2D eigenvalue weighted by molar-refractivity contribution is 8.13. The van der Waals surface area contributed by atoms with Crippen molar-refractivity contribution in [2.24, 2.45) is 9.98 Å².